The first kappa shape index (κ1) is 14.9. The van der Waals surface area contributed by atoms with E-state index in [1.807, 2.05) is 13.8 Å². The predicted octanol–water partition coefficient (Wildman–Crippen LogP) is 0.389. The third-order valence-electron chi connectivity index (χ3n) is 1.70. The molecule has 1 rings (SSSR count). The van der Waals surface area contributed by atoms with Crippen LogP contribution in [0.15, 0.2) is 6.20 Å². The largest absolute Gasteiger partial charge is 0.384 e. The van der Waals surface area contributed by atoms with Gasteiger partial charge in [-0.1, -0.05) is 37.0 Å². The summed E-state index contributed by atoms with van der Waals surface area (Å²) in [7, 11) is -3.59. The quantitative estimate of drug-likeness (QED) is 0.684. The first-order valence-corrected chi connectivity index (χ1v) is 7.56. The van der Waals surface area contributed by atoms with Crippen molar-refractivity contribution < 1.29 is 13.5 Å². The highest BCUT2D eigenvalue weighted by molar-refractivity contribution is 7.91. The maximum Gasteiger partial charge on any atom is 0.300 e. The molecule has 0 saturated carbocycles. The van der Waals surface area contributed by atoms with Crippen LogP contribution < -0.4 is 9.44 Å². The normalized spacial score (nSPS) is 11.1. The minimum atomic E-state index is -3.59. The van der Waals surface area contributed by atoms with Crippen LogP contribution in [-0.2, 0) is 10.2 Å². The molecule has 1 heterocycles. The van der Waals surface area contributed by atoms with E-state index in [0.29, 0.717) is 11.4 Å². The van der Waals surface area contributed by atoms with Crippen LogP contribution in [0, 0.1) is 17.8 Å². The molecule has 0 radical (unpaired) electrons. The fraction of sp³-hybridized carbons (Fsp3) is 0.500. The summed E-state index contributed by atoms with van der Waals surface area (Å²) >= 11 is 1.11. The average molecular weight is 289 g/mol. The standard InChI is InChI=1S/C10H15N3O3S2/c1-8(2)6-12-18(15,16)13-10-11-7-9(17-10)4-3-5-14/h7-8,12,14H,5-6H2,1-2H3,(H,11,13). The van der Waals surface area contributed by atoms with Gasteiger partial charge < -0.3 is 5.11 Å². The van der Waals surface area contributed by atoms with Gasteiger partial charge in [0.1, 0.15) is 6.61 Å². The Morgan fingerprint density at radius 3 is 2.89 bits per heavy atom. The van der Waals surface area contributed by atoms with Crippen LogP contribution in [0.25, 0.3) is 0 Å². The van der Waals surface area contributed by atoms with Crippen LogP contribution in [-0.4, -0.2) is 31.7 Å². The molecule has 18 heavy (non-hydrogen) atoms. The number of hydrogen-bond acceptors (Lipinski definition) is 5. The summed E-state index contributed by atoms with van der Waals surface area (Å²) in [6.07, 6.45) is 1.45. The predicted molar refractivity (Wildman–Crippen MR) is 71.5 cm³/mol. The zero-order chi connectivity index (χ0) is 13.6. The lowest BCUT2D eigenvalue weighted by molar-refractivity contribution is 0.350. The zero-order valence-electron chi connectivity index (χ0n) is 10.1. The maximum absolute atomic E-state index is 11.6. The number of aromatic nitrogens is 1. The second-order valence-corrected chi connectivity index (χ2v) is 6.37. The summed E-state index contributed by atoms with van der Waals surface area (Å²) < 4.78 is 27.9. The Morgan fingerprint density at radius 1 is 1.56 bits per heavy atom. The number of thiazole rings is 1. The molecule has 100 valence electrons. The number of aliphatic hydroxyl groups excluding tert-OH is 1. The summed E-state index contributed by atoms with van der Waals surface area (Å²) in [6, 6.07) is 0. The minimum Gasteiger partial charge on any atom is -0.384 e. The molecule has 0 aromatic carbocycles. The van der Waals surface area contributed by atoms with Gasteiger partial charge in [-0.2, -0.15) is 13.1 Å². The van der Waals surface area contributed by atoms with Crippen LogP contribution in [0.3, 0.4) is 0 Å². The van der Waals surface area contributed by atoms with Gasteiger partial charge in [0.2, 0.25) is 0 Å². The summed E-state index contributed by atoms with van der Waals surface area (Å²) in [5.41, 5.74) is 0. The molecular formula is C10H15N3O3S2. The third-order valence-corrected chi connectivity index (χ3v) is 3.67. The highest BCUT2D eigenvalue weighted by Gasteiger charge is 2.12. The maximum atomic E-state index is 11.6. The van der Waals surface area contributed by atoms with Crippen molar-refractivity contribution >= 4 is 26.7 Å². The monoisotopic (exact) mass is 289 g/mol. The fourth-order valence-corrected chi connectivity index (χ4v) is 2.88. The van der Waals surface area contributed by atoms with E-state index in [4.69, 9.17) is 5.11 Å². The molecule has 1 aromatic rings. The fourth-order valence-electron chi connectivity index (χ4n) is 0.933. The molecule has 3 N–H and O–H groups in total. The van der Waals surface area contributed by atoms with Crippen molar-refractivity contribution in [3.63, 3.8) is 0 Å². The lowest BCUT2D eigenvalue weighted by atomic mass is 10.2. The van der Waals surface area contributed by atoms with Gasteiger partial charge in [-0.3, -0.25) is 0 Å². The number of aliphatic hydroxyl groups is 1. The van der Waals surface area contributed by atoms with Crippen molar-refractivity contribution in [2.75, 3.05) is 17.9 Å². The molecule has 8 heteroatoms. The van der Waals surface area contributed by atoms with Gasteiger partial charge in [0, 0.05) is 6.54 Å². The average Bonchev–Trinajstić information content (AvgIpc) is 2.71. The number of hydrogen-bond donors (Lipinski definition) is 3. The topological polar surface area (TPSA) is 91.3 Å². The Bertz CT molecular complexity index is 540. The Labute approximate surface area is 111 Å². The van der Waals surface area contributed by atoms with Gasteiger partial charge in [0.05, 0.1) is 11.1 Å². The van der Waals surface area contributed by atoms with E-state index in [0.717, 1.165) is 11.3 Å². The summed E-state index contributed by atoms with van der Waals surface area (Å²) in [4.78, 5) is 4.47. The Balaban J connectivity index is 2.64. The van der Waals surface area contributed by atoms with Gasteiger partial charge in [-0.25, -0.2) is 9.71 Å². The van der Waals surface area contributed by atoms with Crippen molar-refractivity contribution in [3.05, 3.63) is 11.1 Å². The molecule has 0 saturated heterocycles. The number of nitrogens with zero attached hydrogens (tertiary/aromatic N) is 1. The first-order valence-electron chi connectivity index (χ1n) is 5.26. The van der Waals surface area contributed by atoms with E-state index in [-0.39, 0.29) is 17.7 Å². The molecule has 0 spiro atoms. The van der Waals surface area contributed by atoms with Crippen molar-refractivity contribution in [2.24, 2.45) is 5.92 Å². The van der Waals surface area contributed by atoms with E-state index in [1.165, 1.54) is 6.20 Å². The van der Waals surface area contributed by atoms with Gasteiger partial charge in [-0.05, 0) is 5.92 Å². The van der Waals surface area contributed by atoms with Crippen LogP contribution in [0.1, 0.15) is 18.7 Å². The molecule has 0 amide bonds. The molecular weight excluding hydrogens is 274 g/mol. The van der Waals surface area contributed by atoms with E-state index in [2.05, 4.69) is 26.3 Å². The third kappa shape index (κ3) is 5.46. The minimum absolute atomic E-state index is 0.226. The molecule has 0 unspecified atom stereocenters. The smallest absolute Gasteiger partial charge is 0.300 e. The van der Waals surface area contributed by atoms with Gasteiger partial charge in [0.15, 0.2) is 5.13 Å². The first-order chi connectivity index (χ1) is 8.43. The highest BCUT2D eigenvalue weighted by Crippen LogP contribution is 2.17. The van der Waals surface area contributed by atoms with Gasteiger partial charge >= 0.3 is 10.2 Å². The summed E-state index contributed by atoms with van der Waals surface area (Å²) in [6.45, 7) is 3.94. The molecule has 6 nitrogen and oxygen atoms in total. The second kappa shape index (κ2) is 6.70. The molecule has 0 aliphatic carbocycles. The van der Waals surface area contributed by atoms with Gasteiger partial charge in [0.25, 0.3) is 0 Å². The summed E-state index contributed by atoms with van der Waals surface area (Å²) in [5, 5.41) is 8.78. The van der Waals surface area contributed by atoms with Crippen molar-refractivity contribution in [1.82, 2.24) is 9.71 Å². The second-order valence-electron chi connectivity index (χ2n) is 3.84. The lowest BCUT2D eigenvalue weighted by Gasteiger charge is -2.08. The van der Waals surface area contributed by atoms with E-state index in [9.17, 15) is 8.42 Å². The number of nitrogens with one attached hydrogen (secondary N) is 2. The molecule has 1 aromatic heterocycles. The van der Waals surface area contributed by atoms with E-state index in [1.54, 1.807) is 0 Å². The Hall–Kier alpha value is -1.14. The van der Waals surface area contributed by atoms with Crippen LogP contribution in [0.5, 0.6) is 0 Å². The van der Waals surface area contributed by atoms with Crippen molar-refractivity contribution in [1.29, 1.82) is 0 Å². The Kier molecular flexibility index (Phi) is 5.55. The van der Waals surface area contributed by atoms with E-state index >= 15 is 0 Å². The summed E-state index contributed by atoms with van der Waals surface area (Å²) in [5.74, 6) is 5.34. The molecule has 0 aliphatic heterocycles. The van der Waals surface area contributed by atoms with Gasteiger partial charge in [-0.15, -0.1) is 0 Å². The SMILES string of the molecule is CC(C)CNS(=O)(=O)Nc1ncc(C#CCO)s1. The molecule has 0 fully saturated rings. The Morgan fingerprint density at radius 2 is 2.28 bits per heavy atom. The van der Waals surface area contributed by atoms with Crippen LogP contribution >= 0.6 is 11.3 Å². The van der Waals surface area contributed by atoms with Crippen molar-refractivity contribution in [3.8, 4) is 11.8 Å². The molecule has 0 atom stereocenters. The van der Waals surface area contributed by atoms with E-state index < -0.39 is 10.2 Å². The highest BCUT2D eigenvalue weighted by atomic mass is 32.2. The van der Waals surface area contributed by atoms with Crippen molar-refractivity contribution in [2.45, 2.75) is 13.8 Å². The zero-order valence-corrected chi connectivity index (χ0v) is 11.7. The van der Waals surface area contributed by atoms with Crippen LogP contribution in [0.4, 0.5) is 5.13 Å². The number of anilines is 1. The van der Waals surface area contributed by atoms with Crippen LogP contribution in [0.2, 0.25) is 0 Å². The molecule has 0 aliphatic rings. The number of rotatable bonds is 5. The molecule has 0 bridgehead atoms. The lowest BCUT2D eigenvalue weighted by Crippen LogP contribution is -2.32.